The highest BCUT2D eigenvalue weighted by Gasteiger charge is 2.25. The van der Waals surface area contributed by atoms with Gasteiger partial charge in [0.05, 0.1) is 17.2 Å². The van der Waals surface area contributed by atoms with Gasteiger partial charge in [-0.15, -0.1) is 0 Å². The Hall–Kier alpha value is -2.61. The molecule has 7 nitrogen and oxygen atoms in total. The average molecular weight is 391 g/mol. The number of benzene rings is 2. The maximum Gasteiger partial charge on any atom is 0.262 e. The number of anilines is 1. The van der Waals surface area contributed by atoms with Crippen molar-refractivity contribution in [3.63, 3.8) is 0 Å². The van der Waals surface area contributed by atoms with Crippen LogP contribution in [0.1, 0.15) is 19.4 Å². The Labute approximate surface area is 158 Å². The molecule has 1 N–H and O–H groups in total. The van der Waals surface area contributed by atoms with Crippen LogP contribution in [0.5, 0.6) is 23.0 Å². The van der Waals surface area contributed by atoms with Crippen LogP contribution in [0.25, 0.3) is 0 Å². The van der Waals surface area contributed by atoms with Crippen molar-refractivity contribution < 1.29 is 27.4 Å². The van der Waals surface area contributed by atoms with Crippen molar-refractivity contribution in [3.05, 3.63) is 35.9 Å². The second-order valence-corrected chi connectivity index (χ2v) is 8.12. The fraction of sp³-hybridized carbons (Fsp3) is 0.368. The molecular weight excluding hydrogens is 370 g/mol. The van der Waals surface area contributed by atoms with E-state index in [4.69, 9.17) is 18.9 Å². The van der Waals surface area contributed by atoms with Crippen molar-refractivity contribution in [2.75, 3.05) is 24.5 Å². The molecule has 144 valence electrons. The Morgan fingerprint density at radius 3 is 2.67 bits per heavy atom. The molecule has 4 rings (SSSR count). The van der Waals surface area contributed by atoms with Crippen LogP contribution < -0.4 is 23.7 Å². The first kappa shape index (κ1) is 17.8. The van der Waals surface area contributed by atoms with Gasteiger partial charge in [-0.25, -0.2) is 8.42 Å². The highest BCUT2D eigenvalue weighted by Crippen LogP contribution is 2.39. The first-order valence-corrected chi connectivity index (χ1v) is 10.3. The van der Waals surface area contributed by atoms with Gasteiger partial charge in [0.1, 0.15) is 30.8 Å². The van der Waals surface area contributed by atoms with Crippen LogP contribution in [0.4, 0.5) is 5.69 Å². The van der Waals surface area contributed by atoms with Gasteiger partial charge in [0.15, 0.2) is 11.5 Å². The van der Waals surface area contributed by atoms with Crippen LogP contribution in [-0.2, 0) is 16.4 Å². The largest absolute Gasteiger partial charge is 0.492 e. The molecule has 2 aromatic carbocycles. The molecule has 0 unspecified atom stereocenters. The lowest BCUT2D eigenvalue weighted by Gasteiger charge is -2.19. The number of ether oxygens (including phenoxy) is 4. The second-order valence-electron chi connectivity index (χ2n) is 6.43. The molecule has 8 heteroatoms. The summed E-state index contributed by atoms with van der Waals surface area (Å²) in [5, 5.41) is 0. The van der Waals surface area contributed by atoms with Gasteiger partial charge in [-0.1, -0.05) is 0 Å². The maximum atomic E-state index is 12.9. The van der Waals surface area contributed by atoms with Crippen molar-refractivity contribution in [2.45, 2.75) is 31.3 Å². The van der Waals surface area contributed by atoms with E-state index in [1.807, 2.05) is 19.9 Å². The van der Waals surface area contributed by atoms with E-state index in [1.54, 1.807) is 12.1 Å². The zero-order valence-corrected chi connectivity index (χ0v) is 16.0. The summed E-state index contributed by atoms with van der Waals surface area (Å²) in [6, 6.07) is 8.06. The fourth-order valence-electron chi connectivity index (χ4n) is 3.19. The summed E-state index contributed by atoms with van der Waals surface area (Å²) >= 11 is 0. The lowest BCUT2D eigenvalue weighted by Crippen LogP contribution is -2.17. The number of nitrogens with one attached hydrogen (secondary N) is 1. The highest BCUT2D eigenvalue weighted by atomic mass is 32.2. The van der Waals surface area contributed by atoms with Crippen molar-refractivity contribution >= 4 is 15.7 Å². The molecule has 0 bridgehead atoms. The van der Waals surface area contributed by atoms with Gasteiger partial charge in [-0.2, -0.15) is 0 Å². The zero-order valence-electron chi connectivity index (χ0n) is 15.2. The predicted molar refractivity (Wildman–Crippen MR) is 99.6 cm³/mol. The summed E-state index contributed by atoms with van der Waals surface area (Å²) in [7, 11) is -3.84. The number of hydrogen-bond donors (Lipinski definition) is 1. The third kappa shape index (κ3) is 3.49. The van der Waals surface area contributed by atoms with Gasteiger partial charge in [-0.3, -0.25) is 4.72 Å². The molecule has 2 aromatic rings. The van der Waals surface area contributed by atoms with Crippen LogP contribution in [0.3, 0.4) is 0 Å². The molecule has 0 saturated heterocycles. The zero-order chi connectivity index (χ0) is 19.0. The van der Waals surface area contributed by atoms with E-state index in [2.05, 4.69) is 4.72 Å². The predicted octanol–water partition coefficient (Wildman–Crippen LogP) is 2.98. The molecule has 2 aliphatic heterocycles. The summed E-state index contributed by atoms with van der Waals surface area (Å²) in [6.07, 6.45) is 0.823. The van der Waals surface area contributed by atoms with Gasteiger partial charge < -0.3 is 18.9 Å². The van der Waals surface area contributed by atoms with Gasteiger partial charge >= 0.3 is 0 Å². The van der Waals surface area contributed by atoms with E-state index in [-0.39, 0.29) is 11.0 Å². The van der Waals surface area contributed by atoms with Crippen LogP contribution in [0.15, 0.2) is 35.2 Å². The minimum Gasteiger partial charge on any atom is -0.492 e. The van der Waals surface area contributed by atoms with E-state index < -0.39 is 10.0 Å². The summed E-state index contributed by atoms with van der Waals surface area (Å²) in [5.74, 6) is 2.11. The molecule has 0 aromatic heterocycles. The van der Waals surface area contributed by atoms with E-state index in [0.717, 1.165) is 12.0 Å². The molecule has 0 radical (unpaired) electrons. The maximum absolute atomic E-state index is 12.9. The standard InChI is InChI=1S/C19H21NO6S/c1-3-23-18-9-13-8-12(2)26-17(13)11-15(18)20-27(21,22)14-4-5-16-19(10-14)25-7-6-24-16/h4-5,9-12,20H,3,6-8H2,1-2H3/t12-/m0/s1. The summed E-state index contributed by atoms with van der Waals surface area (Å²) in [6.45, 7) is 5.08. The Bertz CT molecular complexity index is 972. The van der Waals surface area contributed by atoms with Crippen LogP contribution >= 0.6 is 0 Å². The van der Waals surface area contributed by atoms with Gasteiger partial charge in [-0.05, 0) is 32.0 Å². The highest BCUT2D eigenvalue weighted by molar-refractivity contribution is 7.92. The Morgan fingerprint density at radius 2 is 1.89 bits per heavy atom. The average Bonchev–Trinajstić information content (AvgIpc) is 3.00. The lowest BCUT2D eigenvalue weighted by atomic mass is 10.1. The van der Waals surface area contributed by atoms with E-state index in [9.17, 15) is 8.42 Å². The number of rotatable bonds is 5. The topological polar surface area (TPSA) is 83.1 Å². The summed E-state index contributed by atoms with van der Waals surface area (Å²) in [4.78, 5) is 0.0870. The van der Waals surface area contributed by atoms with Crippen LogP contribution in [0.2, 0.25) is 0 Å². The van der Waals surface area contributed by atoms with E-state index in [0.29, 0.717) is 48.5 Å². The minimum absolute atomic E-state index is 0.0547. The second kappa shape index (κ2) is 6.84. The van der Waals surface area contributed by atoms with E-state index >= 15 is 0 Å². The van der Waals surface area contributed by atoms with Crippen molar-refractivity contribution in [1.82, 2.24) is 0 Å². The van der Waals surface area contributed by atoms with Crippen LogP contribution in [-0.4, -0.2) is 34.3 Å². The quantitative estimate of drug-likeness (QED) is 0.844. The normalized spacial score (nSPS) is 17.8. The smallest absolute Gasteiger partial charge is 0.262 e. The van der Waals surface area contributed by atoms with Gasteiger partial charge in [0.25, 0.3) is 10.0 Å². The van der Waals surface area contributed by atoms with Gasteiger partial charge in [0, 0.05) is 24.1 Å². The minimum atomic E-state index is -3.84. The molecule has 2 aliphatic rings. The first-order chi connectivity index (χ1) is 13.0. The number of hydrogen-bond acceptors (Lipinski definition) is 6. The van der Waals surface area contributed by atoms with E-state index in [1.165, 1.54) is 12.1 Å². The van der Waals surface area contributed by atoms with Crippen molar-refractivity contribution in [2.24, 2.45) is 0 Å². The lowest BCUT2D eigenvalue weighted by molar-refractivity contribution is 0.171. The fourth-order valence-corrected chi connectivity index (χ4v) is 4.26. The molecule has 0 fully saturated rings. The third-order valence-corrected chi connectivity index (χ3v) is 5.73. The molecule has 1 atom stereocenters. The molecule has 2 heterocycles. The number of fused-ring (bicyclic) bond motifs is 2. The Morgan fingerprint density at radius 1 is 1.11 bits per heavy atom. The molecule has 27 heavy (non-hydrogen) atoms. The summed E-state index contributed by atoms with van der Waals surface area (Å²) < 4.78 is 50.7. The van der Waals surface area contributed by atoms with Crippen molar-refractivity contribution in [1.29, 1.82) is 0 Å². The Kier molecular flexibility index (Phi) is 4.51. The van der Waals surface area contributed by atoms with Gasteiger partial charge in [0.2, 0.25) is 0 Å². The molecule has 0 spiro atoms. The summed E-state index contributed by atoms with van der Waals surface area (Å²) in [5.41, 5.74) is 1.35. The monoisotopic (exact) mass is 391 g/mol. The molecule has 0 saturated carbocycles. The third-order valence-electron chi connectivity index (χ3n) is 4.37. The SMILES string of the molecule is CCOc1cc2c(cc1NS(=O)(=O)c1ccc3c(c1)OCCO3)O[C@@H](C)C2. The van der Waals surface area contributed by atoms with Crippen LogP contribution in [0, 0.1) is 0 Å². The Balaban J connectivity index is 1.67. The van der Waals surface area contributed by atoms with Crippen molar-refractivity contribution in [3.8, 4) is 23.0 Å². The molecule has 0 amide bonds. The first-order valence-electron chi connectivity index (χ1n) is 8.85. The molecule has 0 aliphatic carbocycles. The molecular formula is C19H21NO6S. The number of sulfonamides is 1.